The van der Waals surface area contributed by atoms with E-state index >= 15 is 0 Å². The van der Waals surface area contributed by atoms with Gasteiger partial charge in [0.25, 0.3) is 0 Å². The van der Waals surface area contributed by atoms with Crippen molar-refractivity contribution < 1.29 is 4.74 Å². The van der Waals surface area contributed by atoms with Gasteiger partial charge in [0.05, 0.1) is 25.3 Å². The number of hydrogen-bond donors (Lipinski definition) is 0. The van der Waals surface area contributed by atoms with E-state index in [4.69, 9.17) is 4.74 Å². The fourth-order valence-corrected chi connectivity index (χ4v) is 3.28. The highest BCUT2D eigenvalue weighted by Gasteiger charge is 2.38. The number of ether oxygens (including phenoxy) is 1. The van der Waals surface area contributed by atoms with E-state index in [0.29, 0.717) is 12.1 Å². The number of fused-ring (bicyclic) bond motifs is 2. The second kappa shape index (κ2) is 4.10. The molecule has 0 N–H and O–H groups in total. The molecule has 2 aliphatic rings. The summed E-state index contributed by atoms with van der Waals surface area (Å²) in [6, 6.07) is 3.11. The van der Waals surface area contributed by atoms with Gasteiger partial charge in [-0.25, -0.2) is 9.97 Å². The molecule has 0 amide bonds. The van der Waals surface area contributed by atoms with Gasteiger partial charge in [-0.3, -0.25) is 0 Å². The molecule has 3 heterocycles. The van der Waals surface area contributed by atoms with Gasteiger partial charge in [-0.05, 0) is 42.4 Å². The lowest BCUT2D eigenvalue weighted by Crippen LogP contribution is -2.46. The van der Waals surface area contributed by atoms with Crippen LogP contribution in [0, 0.1) is 10.6 Å². The van der Waals surface area contributed by atoms with Crippen LogP contribution in [-0.2, 0) is 4.74 Å². The Morgan fingerprint density at radius 3 is 2.62 bits per heavy atom. The van der Waals surface area contributed by atoms with E-state index in [9.17, 15) is 0 Å². The molecule has 2 fully saturated rings. The number of nitrogens with zero attached hydrogens (tertiary/aromatic N) is 3. The maximum atomic E-state index is 5.58. The molecule has 1 aromatic heterocycles. The summed E-state index contributed by atoms with van der Waals surface area (Å²) in [6.07, 6.45) is 2.45. The first-order valence-corrected chi connectivity index (χ1v) is 6.69. The monoisotopic (exact) mass is 331 g/mol. The van der Waals surface area contributed by atoms with Gasteiger partial charge in [-0.15, -0.1) is 0 Å². The molecule has 2 atom stereocenters. The van der Waals surface area contributed by atoms with E-state index in [2.05, 4.69) is 43.5 Å². The zero-order valence-corrected chi connectivity index (χ0v) is 11.3. The number of rotatable bonds is 1. The second-order valence-electron chi connectivity index (χ2n) is 4.43. The lowest BCUT2D eigenvalue weighted by Gasteiger charge is -2.35. The first-order valence-electron chi connectivity index (χ1n) is 5.61. The van der Waals surface area contributed by atoms with Crippen molar-refractivity contribution in [1.82, 2.24) is 9.97 Å². The Balaban J connectivity index is 1.97. The highest BCUT2D eigenvalue weighted by atomic mass is 127. The molecule has 3 rings (SSSR count). The lowest BCUT2D eigenvalue weighted by molar-refractivity contribution is 0.0902. The fraction of sp³-hybridized carbons (Fsp3) is 0.636. The quantitative estimate of drug-likeness (QED) is 0.581. The normalized spacial score (nSPS) is 28.5. The molecule has 2 saturated heterocycles. The number of halogens is 1. The number of anilines is 1. The van der Waals surface area contributed by atoms with Crippen LogP contribution in [0.5, 0.6) is 0 Å². The van der Waals surface area contributed by atoms with Crippen molar-refractivity contribution in [2.45, 2.75) is 31.8 Å². The molecule has 0 radical (unpaired) electrons. The number of aryl methyl sites for hydroxylation is 1. The van der Waals surface area contributed by atoms with Crippen molar-refractivity contribution in [1.29, 1.82) is 0 Å². The first-order chi connectivity index (χ1) is 7.74. The predicted octanol–water partition coefficient (Wildman–Crippen LogP) is 1.76. The van der Waals surface area contributed by atoms with Crippen LogP contribution in [0.15, 0.2) is 6.07 Å². The van der Waals surface area contributed by atoms with E-state index in [1.54, 1.807) is 0 Å². The van der Waals surface area contributed by atoms with Crippen molar-refractivity contribution in [2.24, 2.45) is 0 Å². The Labute approximate surface area is 109 Å². The van der Waals surface area contributed by atoms with Gasteiger partial charge in [-0.1, -0.05) is 0 Å². The van der Waals surface area contributed by atoms with E-state index in [-0.39, 0.29) is 0 Å². The minimum atomic E-state index is 0.517. The van der Waals surface area contributed by atoms with Gasteiger partial charge in [0.2, 0.25) is 0 Å². The van der Waals surface area contributed by atoms with Crippen LogP contribution in [0.3, 0.4) is 0 Å². The van der Waals surface area contributed by atoms with E-state index in [0.717, 1.165) is 28.6 Å². The van der Waals surface area contributed by atoms with E-state index in [1.165, 1.54) is 12.8 Å². The van der Waals surface area contributed by atoms with Gasteiger partial charge >= 0.3 is 0 Å². The van der Waals surface area contributed by atoms with Crippen molar-refractivity contribution in [3.8, 4) is 0 Å². The molecule has 0 aromatic carbocycles. The van der Waals surface area contributed by atoms with E-state index < -0.39 is 0 Å². The standard InChI is InChI=1S/C11H14IN3O/c1-7-13-10(12)4-11(14-7)15-8-2-3-9(15)6-16-5-8/h4,8-9H,2-3,5-6H2,1H3. The molecule has 1 aromatic rings. The summed E-state index contributed by atoms with van der Waals surface area (Å²) in [5.41, 5.74) is 0. The van der Waals surface area contributed by atoms with Crippen molar-refractivity contribution >= 4 is 28.4 Å². The summed E-state index contributed by atoms with van der Waals surface area (Å²) in [5, 5.41) is 0. The Kier molecular flexibility index (Phi) is 2.75. The Bertz CT molecular complexity index is 376. The number of morpholine rings is 1. The second-order valence-corrected chi connectivity index (χ2v) is 5.53. The molecule has 86 valence electrons. The molecule has 16 heavy (non-hydrogen) atoms. The molecule has 4 nitrogen and oxygen atoms in total. The average molecular weight is 331 g/mol. The molecule has 2 aliphatic heterocycles. The Hall–Kier alpha value is -0.430. The molecule has 2 unspecified atom stereocenters. The van der Waals surface area contributed by atoms with Crippen LogP contribution in [-0.4, -0.2) is 35.3 Å². The van der Waals surface area contributed by atoms with Crippen molar-refractivity contribution in [3.63, 3.8) is 0 Å². The summed E-state index contributed by atoms with van der Waals surface area (Å²) in [4.78, 5) is 11.3. The minimum Gasteiger partial charge on any atom is -0.377 e. The highest BCUT2D eigenvalue weighted by Crippen LogP contribution is 2.33. The smallest absolute Gasteiger partial charge is 0.133 e. The SMILES string of the molecule is Cc1nc(I)cc(N2C3CCC2COC3)n1. The lowest BCUT2D eigenvalue weighted by atomic mass is 10.2. The van der Waals surface area contributed by atoms with Crippen molar-refractivity contribution in [2.75, 3.05) is 18.1 Å². The Morgan fingerprint density at radius 1 is 1.31 bits per heavy atom. The third-order valence-corrected chi connectivity index (χ3v) is 3.85. The molecule has 2 bridgehead atoms. The number of aromatic nitrogens is 2. The maximum Gasteiger partial charge on any atom is 0.133 e. The summed E-state index contributed by atoms with van der Waals surface area (Å²) in [5.74, 6) is 1.93. The molecule has 0 saturated carbocycles. The summed E-state index contributed by atoms with van der Waals surface area (Å²) < 4.78 is 6.60. The van der Waals surface area contributed by atoms with Crippen LogP contribution in [0.1, 0.15) is 18.7 Å². The zero-order chi connectivity index (χ0) is 11.1. The zero-order valence-electron chi connectivity index (χ0n) is 9.19. The molecule has 0 spiro atoms. The average Bonchev–Trinajstić information content (AvgIpc) is 2.47. The predicted molar refractivity (Wildman–Crippen MR) is 69.6 cm³/mol. The highest BCUT2D eigenvalue weighted by molar-refractivity contribution is 14.1. The summed E-state index contributed by atoms with van der Waals surface area (Å²) >= 11 is 2.25. The third kappa shape index (κ3) is 1.79. The molecular weight excluding hydrogens is 317 g/mol. The third-order valence-electron chi connectivity index (χ3n) is 3.30. The first kappa shape index (κ1) is 10.7. The fourth-order valence-electron chi connectivity index (χ4n) is 2.65. The van der Waals surface area contributed by atoms with Crippen LogP contribution in [0.2, 0.25) is 0 Å². The summed E-state index contributed by atoms with van der Waals surface area (Å²) in [6.45, 7) is 3.64. The van der Waals surface area contributed by atoms with Crippen LogP contribution >= 0.6 is 22.6 Å². The van der Waals surface area contributed by atoms with Crippen molar-refractivity contribution in [3.05, 3.63) is 15.6 Å². The molecular formula is C11H14IN3O. The largest absolute Gasteiger partial charge is 0.377 e. The summed E-state index contributed by atoms with van der Waals surface area (Å²) in [7, 11) is 0. The topological polar surface area (TPSA) is 38.2 Å². The maximum absolute atomic E-state index is 5.58. The van der Waals surface area contributed by atoms with Crippen LogP contribution in [0.25, 0.3) is 0 Å². The minimum absolute atomic E-state index is 0.517. The Morgan fingerprint density at radius 2 is 2.00 bits per heavy atom. The van der Waals surface area contributed by atoms with Gasteiger partial charge in [0, 0.05) is 6.07 Å². The van der Waals surface area contributed by atoms with Crippen LogP contribution < -0.4 is 4.90 Å². The van der Waals surface area contributed by atoms with Crippen LogP contribution in [0.4, 0.5) is 5.82 Å². The van der Waals surface area contributed by atoms with Gasteiger partial charge in [0.15, 0.2) is 0 Å². The van der Waals surface area contributed by atoms with E-state index in [1.807, 2.05) is 6.92 Å². The molecule has 0 aliphatic carbocycles. The van der Waals surface area contributed by atoms with Gasteiger partial charge in [0.1, 0.15) is 15.3 Å². The number of hydrogen-bond acceptors (Lipinski definition) is 4. The molecule has 5 heteroatoms. The van der Waals surface area contributed by atoms with Gasteiger partial charge < -0.3 is 9.64 Å². The van der Waals surface area contributed by atoms with Gasteiger partial charge in [-0.2, -0.15) is 0 Å².